The zero-order valence-corrected chi connectivity index (χ0v) is 16.8. The van der Waals surface area contributed by atoms with Gasteiger partial charge in [0.1, 0.15) is 16.8 Å². The second-order valence-electron chi connectivity index (χ2n) is 7.33. The molecule has 0 N–H and O–H groups in total. The van der Waals surface area contributed by atoms with Gasteiger partial charge in [0.05, 0.1) is 37.3 Å². The molecule has 0 aliphatic rings. The average molecular weight is 399 g/mol. The van der Waals surface area contributed by atoms with E-state index in [-0.39, 0.29) is 5.56 Å². The number of ether oxygens (including phenoxy) is 1. The van der Waals surface area contributed by atoms with Crippen LogP contribution in [0.5, 0.6) is 5.75 Å². The van der Waals surface area contributed by atoms with E-state index in [1.165, 1.54) is 10.2 Å². The van der Waals surface area contributed by atoms with Gasteiger partial charge in [0, 0.05) is 13.2 Å². The lowest BCUT2D eigenvalue weighted by Gasteiger charge is -2.07. The van der Waals surface area contributed by atoms with Crippen molar-refractivity contribution in [1.82, 2.24) is 24.1 Å². The van der Waals surface area contributed by atoms with Crippen LogP contribution in [-0.2, 0) is 20.1 Å². The Bertz CT molecular complexity index is 1410. The molecule has 7 heteroatoms. The van der Waals surface area contributed by atoms with E-state index in [0.29, 0.717) is 18.6 Å². The van der Waals surface area contributed by atoms with Crippen molar-refractivity contribution in [2.24, 2.45) is 7.05 Å². The highest BCUT2D eigenvalue weighted by molar-refractivity contribution is 6.04. The molecule has 0 saturated heterocycles. The first kappa shape index (κ1) is 18.2. The van der Waals surface area contributed by atoms with Gasteiger partial charge in [-0.2, -0.15) is 10.2 Å². The quantitative estimate of drug-likeness (QED) is 0.455. The summed E-state index contributed by atoms with van der Waals surface area (Å²) in [6, 6.07) is 17.8. The Morgan fingerprint density at radius 3 is 2.60 bits per heavy atom. The van der Waals surface area contributed by atoms with E-state index < -0.39 is 0 Å². The zero-order valence-electron chi connectivity index (χ0n) is 16.8. The van der Waals surface area contributed by atoms with Crippen molar-refractivity contribution in [3.63, 3.8) is 0 Å². The number of hydrogen-bond acceptors (Lipinski definition) is 4. The average Bonchev–Trinajstić information content (AvgIpc) is 3.29. The van der Waals surface area contributed by atoms with Crippen molar-refractivity contribution in [3.8, 4) is 5.75 Å². The highest BCUT2D eigenvalue weighted by atomic mass is 16.5. The van der Waals surface area contributed by atoms with Crippen molar-refractivity contribution in [3.05, 3.63) is 88.5 Å². The number of fused-ring (bicyclic) bond motifs is 3. The van der Waals surface area contributed by atoms with E-state index >= 15 is 0 Å². The number of methoxy groups -OCH3 is 1. The van der Waals surface area contributed by atoms with Gasteiger partial charge in [-0.3, -0.25) is 9.48 Å². The molecular formula is C23H21N5O2. The Kier molecular flexibility index (Phi) is 4.35. The maximum atomic E-state index is 13.2. The summed E-state index contributed by atoms with van der Waals surface area (Å²) in [5.41, 5.74) is 4.31. The van der Waals surface area contributed by atoms with Crippen LogP contribution in [0, 0.1) is 0 Å². The summed E-state index contributed by atoms with van der Waals surface area (Å²) in [5.74, 6) is 0.756. The van der Waals surface area contributed by atoms with Crippen LogP contribution >= 0.6 is 0 Å². The van der Waals surface area contributed by atoms with Gasteiger partial charge in [0.15, 0.2) is 0 Å². The maximum absolute atomic E-state index is 13.2. The molecule has 0 amide bonds. The molecule has 0 fully saturated rings. The van der Waals surface area contributed by atoms with Gasteiger partial charge in [0.25, 0.3) is 5.56 Å². The molecule has 5 rings (SSSR count). The van der Waals surface area contributed by atoms with Gasteiger partial charge in [-0.25, -0.2) is 4.68 Å². The highest BCUT2D eigenvalue weighted by Crippen LogP contribution is 2.24. The lowest BCUT2D eigenvalue weighted by atomic mass is 10.2. The fraction of sp³-hybridized carbons (Fsp3) is 0.174. The Morgan fingerprint density at radius 1 is 1.00 bits per heavy atom. The number of aromatic nitrogens is 5. The predicted octanol–water partition coefficient (Wildman–Crippen LogP) is 3.19. The minimum Gasteiger partial charge on any atom is -0.497 e. The minimum atomic E-state index is -0.134. The fourth-order valence-electron chi connectivity index (χ4n) is 3.85. The molecule has 0 unspecified atom stereocenters. The maximum Gasteiger partial charge on any atom is 0.291 e. The summed E-state index contributed by atoms with van der Waals surface area (Å²) in [6.07, 6.45) is 3.72. The number of nitrogens with zero attached hydrogens (tertiary/aromatic N) is 5. The van der Waals surface area contributed by atoms with E-state index in [4.69, 9.17) is 9.84 Å². The van der Waals surface area contributed by atoms with Crippen LogP contribution in [0.1, 0.15) is 11.1 Å². The first-order valence-electron chi connectivity index (χ1n) is 9.72. The van der Waals surface area contributed by atoms with E-state index in [1.54, 1.807) is 13.3 Å². The Morgan fingerprint density at radius 2 is 1.80 bits per heavy atom. The van der Waals surface area contributed by atoms with E-state index in [1.807, 2.05) is 65.0 Å². The van der Waals surface area contributed by atoms with Crippen molar-refractivity contribution in [1.29, 1.82) is 0 Å². The molecule has 0 saturated carbocycles. The topological polar surface area (TPSA) is 66.9 Å². The molecule has 30 heavy (non-hydrogen) atoms. The van der Waals surface area contributed by atoms with Gasteiger partial charge in [0.2, 0.25) is 0 Å². The van der Waals surface area contributed by atoms with Crippen LogP contribution in [0.2, 0.25) is 0 Å². The highest BCUT2D eigenvalue weighted by Gasteiger charge is 2.17. The summed E-state index contributed by atoms with van der Waals surface area (Å²) >= 11 is 0. The lowest BCUT2D eigenvalue weighted by molar-refractivity contribution is 0.414. The molecule has 0 spiro atoms. The number of hydrogen-bond donors (Lipinski definition) is 0. The van der Waals surface area contributed by atoms with Crippen molar-refractivity contribution in [2.75, 3.05) is 7.11 Å². The van der Waals surface area contributed by atoms with E-state index in [9.17, 15) is 4.79 Å². The first-order valence-corrected chi connectivity index (χ1v) is 9.72. The van der Waals surface area contributed by atoms with Crippen molar-refractivity contribution >= 4 is 21.9 Å². The molecule has 5 aromatic rings. The van der Waals surface area contributed by atoms with Crippen LogP contribution in [0.15, 0.2) is 71.8 Å². The third-order valence-corrected chi connectivity index (χ3v) is 5.37. The lowest BCUT2D eigenvalue weighted by Crippen LogP contribution is -2.24. The molecule has 150 valence electrons. The first-order chi connectivity index (χ1) is 14.6. The van der Waals surface area contributed by atoms with Crippen LogP contribution in [-0.4, -0.2) is 31.2 Å². The zero-order chi connectivity index (χ0) is 20.7. The van der Waals surface area contributed by atoms with Gasteiger partial charge in [-0.1, -0.05) is 42.5 Å². The summed E-state index contributed by atoms with van der Waals surface area (Å²) < 4.78 is 10.6. The second kappa shape index (κ2) is 7.18. The van der Waals surface area contributed by atoms with Crippen LogP contribution in [0.25, 0.3) is 21.9 Å². The SMILES string of the molecule is COc1cccc(Cn2ncc3c4nn(Cc5ccccc5)cc4n(C)c3c2=O)c1. The summed E-state index contributed by atoms with van der Waals surface area (Å²) in [4.78, 5) is 13.2. The predicted molar refractivity (Wildman–Crippen MR) is 116 cm³/mol. The summed E-state index contributed by atoms with van der Waals surface area (Å²) in [7, 11) is 3.53. The molecule has 0 radical (unpaired) electrons. The molecule has 3 heterocycles. The Hall–Kier alpha value is -3.87. The van der Waals surface area contributed by atoms with Gasteiger partial charge < -0.3 is 9.30 Å². The second-order valence-corrected chi connectivity index (χ2v) is 7.33. The molecule has 2 aromatic carbocycles. The number of rotatable bonds is 5. The van der Waals surface area contributed by atoms with Gasteiger partial charge in [-0.15, -0.1) is 0 Å². The Labute approximate surface area is 172 Å². The van der Waals surface area contributed by atoms with E-state index in [0.717, 1.165) is 27.7 Å². The molecule has 0 aliphatic heterocycles. The monoisotopic (exact) mass is 399 g/mol. The molecular weight excluding hydrogens is 378 g/mol. The Balaban J connectivity index is 1.55. The molecule has 0 aliphatic carbocycles. The summed E-state index contributed by atoms with van der Waals surface area (Å²) in [6.45, 7) is 1.06. The van der Waals surface area contributed by atoms with Crippen molar-refractivity contribution in [2.45, 2.75) is 13.1 Å². The van der Waals surface area contributed by atoms with Crippen LogP contribution in [0.3, 0.4) is 0 Å². The minimum absolute atomic E-state index is 0.134. The third kappa shape index (κ3) is 3.04. The fourth-order valence-corrected chi connectivity index (χ4v) is 3.85. The van der Waals surface area contributed by atoms with Crippen molar-refractivity contribution < 1.29 is 4.74 Å². The summed E-state index contributed by atoms with van der Waals surface area (Å²) in [5, 5.41) is 9.91. The van der Waals surface area contributed by atoms with Crippen LogP contribution < -0.4 is 10.3 Å². The number of aryl methyl sites for hydroxylation is 1. The van der Waals surface area contributed by atoms with Crippen LogP contribution in [0.4, 0.5) is 0 Å². The molecule has 0 bridgehead atoms. The standard InChI is InChI=1S/C23H21N5O2/c1-26-20-15-27(13-16-7-4-3-5-8-16)25-21(20)19-12-24-28(23(29)22(19)26)14-17-9-6-10-18(11-17)30-2/h3-12,15H,13-14H2,1-2H3. The molecule has 3 aromatic heterocycles. The normalized spacial score (nSPS) is 11.4. The van der Waals surface area contributed by atoms with Gasteiger partial charge >= 0.3 is 0 Å². The largest absolute Gasteiger partial charge is 0.497 e. The number of benzene rings is 2. The van der Waals surface area contributed by atoms with E-state index in [2.05, 4.69) is 17.2 Å². The third-order valence-electron chi connectivity index (χ3n) is 5.37. The molecule has 7 nitrogen and oxygen atoms in total. The van der Waals surface area contributed by atoms with Gasteiger partial charge in [-0.05, 0) is 23.3 Å². The molecule has 0 atom stereocenters. The smallest absolute Gasteiger partial charge is 0.291 e.